The van der Waals surface area contributed by atoms with E-state index in [4.69, 9.17) is 4.74 Å². The average molecular weight is 591 g/mol. The molecule has 3 heteroatoms. The molecule has 0 fully saturated rings. The molecule has 0 bridgehead atoms. The molecule has 0 atom stereocenters. The predicted octanol–water partition coefficient (Wildman–Crippen LogP) is 10.5. The molecule has 0 radical (unpaired) electrons. The van der Waals surface area contributed by atoms with Gasteiger partial charge < -0.3 is 14.2 Å². The molecule has 10 rings (SSSR count). The van der Waals surface area contributed by atoms with Crippen LogP contribution in [0, 0.1) is 0 Å². The van der Waals surface area contributed by atoms with Gasteiger partial charge in [-0.2, -0.15) is 0 Å². The highest BCUT2D eigenvalue weighted by Gasteiger charge is 2.46. The van der Waals surface area contributed by atoms with Gasteiger partial charge in [0.05, 0.1) is 39.4 Å². The number of para-hydroxylation sites is 3. The Morgan fingerprint density at radius 2 is 1.17 bits per heavy atom. The van der Waals surface area contributed by atoms with Crippen LogP contribution in [-0.2, 0) is 11.8 Å². The molecular weight excluding hydrogens is 560 g/mol. The number of hydrogen-bond acceptors (Lipinski definition) is 2. The van der Waals surface area contributed by atoms with Crippen molar-refractivity contribution in [2.24, 2.45) is 0 Å². The van der Waals surface area contributed by atoms with E-state index in [1.807, 2.05) is 0 Å². The lowest BCUT2D eigenvalue weighted by molar-refractivity contribution is 0.488. The zero-order valence-corrected chi connectivity index (χ0v) is 25.2. The zero-order valence-electron chi connectivity index (χ0n) is 25.2. The minimum atomic E-state index is -0.487. The fraction of sp³-hybridized carbons (Fsp3) is 0.0698. The van der Waals surface area contributed by atoms with Crippen molar-refractivity contribution in [1.82, 2.24) is 4.57 Å². The second kappa shape index (κ2) is 9.60. The van der Waals surface area contributed by atoms with E-state index in [1.54, 1.807) is 0 Å². The van der Waals surface area contributed by atoms with Crippen LogP contribution in [0.25, 0.3) is 22.3 Å². The second-order valence-corrected chi connectivity index (χ2v) is 12.4. The van der Waals surface area contributed by atoms with E-state index >= 15 is 0 Å². The molecule has 3 nitrogen and oxygen atoms in total. The van der Waals surface area contributed by atoms with Crippen molar-refractivity contribution in [2.45, 2.75) is 18.3 Å². The molecule has 0 saturated heterocycles. The number of ether oxygens (including phenoxy) is 1. The Morgan fingerprint density at radius 3 is 1.87 bits per heavy atom. The maximum absolute atomic E-state index is 6.77. The summed E-state index contributed by atoms with van der Waals surface area (Å²) in [6.07, 6.45) is 4.28. The van der Waals surface area contributed by atoms with Crippen molar-refractivity contribution in [2.75, 3.05) is 4.90 Å². The number of aromatic nitrogens is 1. The molecule has 7 aromatic rings. The Hall–Kier alpha value is -5.80. The normalized spacial score (nSPS) is 15.2. The largest absolute Gasteiger partial charge is 0.453 e. The van der Waals surface area contributed by atoms with E-state index in [0.29, 0.717) is 0 Å². The van der Waals surface area contributed by atoms with Gasteiger partial charge in [-0.3, -0.25) is 0 Å². The summed E-state index contributed by atoms with van der Waals surface area (Å²) in [7, 11) is 0. The number of anilines is 3. The van der Waals surface area contributed by atoms with Crippen LogP contribution in [-0.4, -0.2) is 4.57 Å². The van der Waals surface area contributed by atoms with Crippen LogP contribution in [0.3, 0.4) is 0 Å². The molecule has 0 spiro atoms. The highest BCUT2D eigenvalue weighted by atomic mass is 16.5. The van der Waals surface area contributed by atoms with Crippen molar-refractivity contribution in [3.8, 4) is 11.4 Å². The SMILES string of the molecule is C1=C2Oc3cc(N4c5ccccc5C(c5ccccc5)(c5ccccc5)c5ccccc54)ccc3-n3c2c(c2ccccc23)CC1. The van der Waals surface area contributed by atoms with Crippen LogP contribution in [0.1, 0.15) is 39.9 Å². The van der Waals surface area contributed by atoms with Crippen LogP contribution in [0.15, 0.2) is 158 Å². The molecule has 218 valence electrons. The van der Waals surface area contributed by atoms with E-state index < -0.39 is 5.41 Å². The van der Waals surface area contributed by atoms with E-state index in [9.17, 15) is 0 Å². The smallest absolute Gasteiger partial charge is 0.153 e. The summed E-state index contributed by atoms with van der Waals surface area (Å²) in [5, 5.41) is 1.32. The maximum atomic E-state index is 6.77. The highest BCUT2D eigenvalue weighted by Crippen LogP contribution is 2.58. The first-order valence-corrected chi connectivity index (χ1v) is 16.1. The molecule has 2 aliphatic heterocycles. The monoisotopic (exact) mass is 590 g/mol. The molecule has 6 aromatic carbocycles. The van der Waals surface area contributed by atoms with Crippen LogP contribution >= 0.6 is 0 Å². The number of fused-ring (bicyclic) bond motifs is 7. The van der Waals surface area contributed by atoms with Crippen LogP contribution < -0.4 is 9.64 Å². The lowest BCUT2D eigenvalue weighted by Crippen LogP contribution is -2.37. The topological polar surface area (TPSA) is 17.4 Å². The molecule has 1 aromatic heterocycles. The second-order valence-electron chi connectivity index (χ2n) is 12.4. The molecular formula is C43H30N2O. The van der Waals surface area contributed by atoms with Crippen molar-refractivity contribution in [1.29, 1.82) is 0 Å². The number of nitrogens with zero attached hydrogens (tertiary/aromatic N) is 2. The molecule has 0 saturated carbocycles. The Kier molecular flexibility index (Phi) is 5.32. The van der Waals surface area contributed by atoms with E-state index in [1.165, 1.54) is 44.4 Å². The van der Waals surface area contributed by atoms with Gasteiger partial charge in [-0.25, -0.2) is 0 Å². The zero-order chi connectivity index (χ0) is 30.2. The quantitative estimate of drug-likeness (QED) is 0.204. The molecule has 0 unspecified atom stereocenters. The van der Waals surface area contributed by atoms with Gasteiger partial charge in [0.15, 0.2) is 5.75 Å². The first kappa shape index (κ1) is 25.5. The Morgan fingerprint density at radius 1 is 0.565 bits per heavy atom. The first-order chi connectivity index (χ1) is 22.8. The van der Waals surface area contributed by atoms with Gasteiger partial charge in [-0.1, -0.05) is 115 Å². The molecule has 1 aliphatic carbocycles. The fourth-order valence-electron chi connectivity index (χ4n) is 8.32. The molecule has 0 amide bonds. The summed E-state index contributed by atoms with van der Waals surface area (Å²) in [6, 6.07) is 55.2. The van der Waals surface area contributed by atoms with Gasteiger partial charge in [0.2, 0.25) is 0 Å². The highest BCUT2D eigenvalue weighted by molar-refractivity contribution is 5.95. The van der Waals surface area contributed by atoms with Gasteiger partial charge in [-0.05, 0) is 77.1 Å². The lowest BCUT2D eigenvalue weighted by atomic mass is 9.62. The molecule has 46 heavy (non-hydrogen) atoms. The number of allylic oxidation sites excluding steroid dienone is 1. The van der Waals surface area contributed by atoms with Crippen LogP contribution in [0.5, 0.6) is 5.75 Å². The lowest BCUT2D eigenvalue weighted by Gasteiger charge is -2.46. The summed E-state index contributed by atoms with van der Waals surface area (Å²) < 4.78 is 9.18. The fourth-order valence-corrected chi connectivity index (χ4v) is 8.32. The van der Waals surface area contributed by atoms with E-state index in [-0.39, 0.29) is 0 Å². The van der Waals surface area contributed by atoms with Crippen molar-refractivity contribution in [3.05, 3.63) is 191 Å². The van der Waals surface area contributed by atoms with Gasteiger partial charge in [0.25, 0.3) is 0 Å². The minimum absolute atomic E-state index is 0.487. The van der Waals surface area contributed by atoms with Gasteiger partial charge in [-0.15, -0.1) is 0 Å². The van der Waals surface area contributed by atoms with Crippen molar-refractivity contribution in [3.63, 3.8) is 0 Å². The van der Waals surface area contributed by atoms with Gasteiger partial charge in [0.1, 0.15) is 5.76 Å². The van der Waals surface area contributed by atoms with Gasteiger partial charge >= 0.3 is 0 Å². The standard InChI is InChI=1S/C43H30N2O/c1-3-14-29(15-4-1)43(30-16-5-2-6-17-30)34-20-8-11-23-37(34)44(38-24-12-9-21-35(38)43)31-26-27-39-41(28-31)46-40-25-13-19-33-32-18-7-10-22-36(32)45(39)42(33)40/h1-12,14-18,20-28H,13,19H2. The Balaban J connectivity index is 1.23. The summed E-state index contributed by atoms with van der Waals surface area (Å²) >= 11 is 0. The van der Waals surface area contributed by atoms with E-state index in [0.717, 1.165) is 47.1 Å². The molecule has 3 heterocycles. The summed E-state index contributed by atoms with van der Waals surface area (Å²) in [6.45, 7) is 0. The third-order valence-corrected chi connectivity index (χ3v) is 10.1. The Labute approximate surface area is 268 Å². The summed E-state index contributed by atoms with van der Waals surface area (Å²) in [4.78, 5) is 2.42. The van der Waals surface area contributed by atoms with E-state index in [2.05, 4.69) is 167 Å². The molecule has 3 aliphatic rings. The summed E-state index contributed by atoms with van der Waals surface area (Å²) in [5.41, 5.74) is 12.8. The first-order valence-electron chi connectivity index (χ1n) is 16.1. The minimum Gasteiger partial charge on any atom is -0.453 e. The van der Waals surface area contributed by atoms with Crippen LogP contribution in [0.4, 0.5) is 17.1 Å². The maximum Gasteiger partial charge on any atom is 0.153 e. The van der Waals surface area contributed by atoms with Crippen LogP contribution in [0.2, 0.25) is 0 Å². The number of benzene rings is 6. The molecule has 0 N–H and O–H groups in total. The summed E-state index contributed by atoms with van der Waals surface area (Å²) in [5.74, 6) is 1.84. The average Bonchev–Trinajstić information content (AvgIpc) is 3.47. The van der Waals surface area contributed by atoms with Crippen molar-refractivity contribution >= 4 is 33.7 Å². The third-order valence-electron chi connectivity index (χ3n) is 10.1. The predicted molar refractivity (Wildman–Crippen MR) is 187 cm³/mol. The van der Waals surface area contributed by atoms with Crippen molar-refractivity contribution < 1.29 is 4.74 Å². The third kappa shape index (κ3) is 3.32. The Bertz CT molecular complexity index is 2260. The number of rotatable bonds is 3. The number of hydrogen-bond donors (Lipinski definition) is 0. The number of aryl methyl sites for hydroxylation is 1. The van der Waals surface area contributed by atoms with Gasteiger partial charge in [0, 0.05) is 11.5 Å².